The number of hydrogen-bond donors (Lipinski definition) is 1. The van der Waals surface area contributed by atoms with Crippen molar-refractivity contribution in [2.24, 2.45) is 0 Å². The number of carbonyl (C=O) groups excluding carboxylic acids is 1. The Morgan fingerprint density at radius 3 is 2.74 bits per heavy atom. The van der Waals surface area contributed by atoms with Crippen LogP contribution in [-0.4, -0.2) is 10.9 Å². The molecular weight excluding hydrogens is 327 g/mol. The summed E-state index contributed by atoms with van der Waals surface area (Å²) in [7, 11) is 0. The van der Waals surface area contributed by atoms with Crippen molar-refractivity contribution in [1.82, 2.24) is 4.98 Å². The highest BCUT2D eigenvalue weighted by molar-refractivity contribution is 7.13. The van der Waals surface area contributed by atoms with Crippen LogP contribution >= 0.6 is 46.1 Å². The zero-order valence-electron chi connectivity index (χ0n) is 9.62. The predicted molar refractivity (Wildman–Crippen MR) is 80.5 cm³/mol. The molecule has 0 fully saturated rings. The summed E-state index contributed by atoms with van der Waals surface area (Å²) in [6.45, 7) is 0. The lowest BCUT2D eigenvalue weighted by Gasteiger charge is -2.03. The first-order chi connectivity index (χ1) is 9.08. The number of benzene rings is 1. The van der Waals surface area contributed by atoms with E-state index in [9.17, 15) is 4.79 Å². The SMILES string of the molecule is O=C(Cc1ccc(Cl)c(Cl)c1)Nc1nc(CCl)cs1. The molecule has 0 saturated carbocycles. The molecule has 1 aromatic heterocycles. The number of thiazole rings is 1. The molecule has 0 aliphatic carbocycles. The number of alkyl halides is 1. The highest BCUT2D eigenvalue weighted by Crippen LogP contribution is 2.23. The highest BCUT2D eigenvalue weighted by Gasteiger charge is 2.08. The fraction of sp³-hybridized carbons (Fsp3) is 0.167. The fourth-order valence-corrected chi connectivity index (χ4v) is 2.70. The van der Waals surface area contributed by atoms with Gasteiger partial charge < -0.3 is 5.32 Å². The van der Waals surface area contributed by atoms with E-state index < -0.39 is 0 Å². The van der Waals surface area contributed by atoms with Crippen molar-refractivity contribution in [2.45, 2.75) is 12.3 Å². The van der Waals surface area contributed by atoms with Crippen molar-refractivity contribution < 1.29 is 4.79 Å². The second-order valence-electron chi connectivity index (χ2n) is 3.75. The van der Waals surface area contributed by atoms with Gasteiger partial charge in [-0.25, -0.2) is 4.98 Å². The molecule has 3 nitrogen and oxygen atoms in total. The van der Waals surface area contributed by atoms with Gasteiger partial charge in [0.2, 0.25) is 5.91 Å². The van der Waals surface area contributed by atoms with E-state index in [2.05, 4.69) is 10.3 Å². The number of anilines is 1. The van der Waals surface area contributed by atoms with E-state index >= 15 is 0 Å². The van der Waals surface area contributed by atoms with Crippen molar-refractivity contribution in [3.8, 4) is 0 Å². The van der Waals surface area contributed by atoms with E-state index in [4.69, 9.17) is 34.8 Å². The van der Waals surface area contributed by atoms with Gasteiger partial charge in [0.15, 0.2) is 5.13 Å². The number of carbonyl (C=O) groups is 1. The summed E-state index contributed by atoms with van der Waals surface area (Å²) < 4.78 is 0. The Hall–Kier alpha value is -0.810. The molecule has 19 heavy (non-hydrogen) atoms. The van der Waals surface area contributed by atoms with E-state index in [0.29, 0.717) is 21.1 Å². The van der Waals surface area contributed by atoms with Crippen LogP contribution < -0.4 is 5.32 Å². The van der Waals surface area contributed by atoms with E-state index in [0.717, 1.165) is 11.3 Å². The Bertz CT molecular complexity index is 600. The number of aromatic nitrogens is 1. The average Bonchev–Trinajstić information content (AvgIpc) is 2.81. The van der Waals surface area contributed by atoms with Crippen LogP contribution in [0.2, 0.25) is 10.0 Å². The Kier molecular flexibility index (Phi) is 5.05. The Morgan fingerprint density at radius 1 is 1.32 bits per heavy atom. The first-order valence-electron chi connectivity index (χ1n) is 5.32. The molecule has 1 amide bonds. The van der Waals surface area contributed by atoms with Crippen LogP contribution in [-0.2, 0) is 17.1 Å². The maximum absolute atomic E-state index is 11.8. The monoisotopic (exact) mass is 334 g/mol. The number of amides is 1. The van der Waals surface area contributed by atoms with Crippen LogP contribution in [0.25, 0.3) is 0 Å². The number of hydrogen-bond acceptors (Lipinski definition) is 3. The molecule has 1 N–H and O–H groups in total. The van der Waals surface area contributed by atoms with Crippen LogP contribution in [0, 0.1) is 0 Å². The molecule has 0 atom stereocenters. The Morgan fingerprint density at radius 2 is 2.11 bits per heavy atom. The van der Waals surface area contributed by atoms with Gasteiger partial charge in [-0.1, -0.05) is 29.3 Å². The first-order valence-corrected chi connectivity index (χ1v) is 7.49. The summed E-state index contributed by atoms with van der Waals surface area (Å²) in [6.07, 6.45) is 0.215. The molecule has 0 spiro atoms. The lowest BCUT2D eigenvalue weighted by molar-refractivity contribution is -0.115. The molecule has 0 unspecified atom stereocenters. The molecular formula is C12H9Cl3N2OS. The molecule has 0 aliphatic heterocycles. The first kappa shape index (κ1) is 14.6. The van der Waals surface area contributed by atoms with Gasteiger partial charge in [-0.05, 0) is 17.7 Å². The number of halogens is 3. The molecule has 0 saturated heterocycles. The maximum Gasteiger partial charge on any atom is 0.230 e. The molecule has 100 valence electrons. The summed E-state index contributed by atoms with van der Waals surface area (Å²) in [5.41, 5.74) is 1.54. The van der Waals surface area contributed by atoms with Crippen LogP contribution in [0.3, 0.4) is 0 Å². The standard InChI is InChI=1S/C12H9Cl3N2OS/c13-5-8-6-19-12(16-8)17-11(18)4-7-1-2-9(14)10(15)3-7/h1-3,6H,4-5H2,(H,16,17,18). The molecule has 2 aromatic rings. The summed E-state index contributed by atoms with van der Waals surface area (Å²) in [6, 6.07) is 5.11. The van der Waals surface area contributed by atoms with Gasteiger partial charge in [0.05, 0.1) is 28.0 Å². The van der Waals surface area contributed by atoms with Crippen LogP contribution in [0.4, 0.5) is 5.13 Å². The van der Waals surface area contributed by atoms with Crippen LogP contribution in [0.1, 0.15) is 11.3 Å². The molecule has 7 heteroatoms. The number of nitrogens with zero attached hydrogens (tertiary/aromatic N) is 1. The van der Waals surface area contributed by atoms with Gasteiger partial charge in [-0.2, -0.15) is 0 Å². The average molecular weight is 336 g/mol. The van der Waals surface area contributed by atoms with Gasteiger partial charge in [-0.15, -0.1) is 22.9 Å². The normalized spacial score (nSPS) is 10.5. The predicted octanol–water partition coefficient (Wildman–Crippen LogP) is 4.37. The van der Waals surface area contributed by atoms with Crippen molar-refractivity contribution in [3.05, 3.63) is 44.9 Å². The lowest BCUT2D eigenvalue weighted by Crippen LogP contribution is -2.14. The maximum atomic E-state index is 11.8. The third kappa shape index (κ3) is 4.08. The van der Waals surface area contributed by atoms with E-state index in [1.165, 1.54) is 11.3 Å². The van der Waals surface area contributed by atoms with Gasteiger partial charge >= 0.3 is 0 Å². The van der Waals surface area contributed by atoms with Gasteiger partial charge in [0.25, 0.3) is 0 Å². The molecule has 1 aromatic carbocycles. The van der Waals surface area contributed by atoms with E-state index in [1.54, 1.807) is 18.2 Å². The largest absolute Gasteiger partial charge is 0.302 e. The minimum atomic E-state index is -0.158. The topological polar surface area (TPSA) is 42.0 Å². The molecule has 1 heterocycles. The number of rotatable bonds is 4. The molecule has 0 bridgehead atoms. The summed E-state index contributed by atoms with van der Waals surface area (Å²) in [4.78, 5) is 16.0. The lowest BCUT2D eigenvalue weighted by atomic mass is 10.1. The van der Waals surface area contributed by atoms with Crippen LogP contribution in [0.5, 0.6) is 0 Å². The summed E-state index contributed by atoms with van der Waals surface area (Å²) >= 11 is 18.7. The van der Waals surface area contributed by atoms with Crippen molar-refractivity contribution in [3.63, 3.8) is 0 Å². The van der Waals surface area contributed by atoms with Crippen molar-refractivity contribution >= 4 is 57.2 Å². The van der Waals surface area contributed by atoms with Crippen molar-refractivity contribution in [2.75, 3.05) is 5.32 Å². The fourth-order valence-electron chi connectivity index (χ4n) is 1.42. The van der Waals surface area contributed by atoms with E-state index in [-0.39, 0.29) is 12.3 Å². The van der Waals surface area contributed by atoms with Crippen LogP contribution in [0.15, 0.2) is 23.6 Å². The van der Waals surface area contributed by atoms with Gasteiger partial charge in [-0.3, -0.25) is 4.79 Å². The smallest absolute Gasteiger partial charge is 0.230 e. The third-order valence-corrected chi connectivity index (χ3v) is 4.10. The van der Waals surface area contributed by atoms with E-state index in [1.807, 2.05) is 5.38 Å². The molecule has 2 rings (SSSR count). The summed E-state index contributed by atoms with van der Waals surface area (Å²) in [5, 5.41) is 5.97. The molecule has 0 radical (unpaired) electrons. The molecule has 0 aliphatic rings. The summed E-state index contributed by atoms with van der Waals surface area (Å²) in [5.74, 6) is 0.174. The minimum Gasteiger partial charge on any atom is -0.302 e. The quantitative estimate of drug-likeness (QED) is 0.843. The zero-order chi connectivity index (χ0) is 13.8. The van der Waals surface area contributed by atoms with Gasteiger partial charge in [0.1, 0.15) is 0 Å². The Labute approximate surface area is 129 Å². The Balaban J connectivity index is 1.98. The second-order valence-corrected chi connectivity index (χ2v) is 5.69. The number of nitrogens with one attached hydrogen (secondary N) is 1. The second kappa shape index (κ2) is 6.57. The minimum absolute atomic E-state index is 0.158. The highest BCUT2D eigenvalue weighted by atomic mass is 35.5. The van der Waals surface area contributed by atoms with Gasteiger partial charge in [0, 0.05) is 5.38 Å². The third-order valence-electron chi connectivity index (χ3n) is 2.28. The zero-order valence-corrected chi connectivity index (χ0v) is 12.7. The van der Waals surface area contributed by atoms with Crippen molar-refractivity contribution in [1.29, 1.82) is 0 Å².